The number of carboxylic acid groups (broad SMARTS) is 1. The molecule has 5 heterocycles. The Labute approximate surface area is 230 Å². The molecule has 6 N–H and O–H groups in total. The van der Waals surface area contributed by atoms with Gasteiger partial charge in [-0.1, -0.05) is 5.16 Å². The van der Waals surface area contributed by atoms with Crippen molar-refractivity contribution in [3.63, 3.8) is 0 Å². The van der Waals surface area contributed by atoms with Crippen LogP contribution >= 0.6 is 34.9 Å². The minimum Gasteiger partial charge on any atom is -0.481 e. The summed E-state index contributed by atoms with van der Waals surface area (Å²) in [6.45, 7) is -0.0877. The van der Waals surface area contributed by atoms with Gasteiger partial charge in [0.15, 0.2) is 10.8 Å². The average Bonchev–Trinajstić information content (AvgIpc) is 3.56. The number of nitrogen functional groups attached to an aromatic ring is 1. The van der Waals surface area contributed by atoms with Crippen molar-refractivity contribution in [3.05, 3.63) is 22.7 Å². The van der Waals surface area contributed by atoms with Gasteiger partial charge in [-0.05, 0) is 16.5 Å². The molecule has 2 saturated heterocycles. The highest BCUT2D eigenvalue weighted by atomic mass is 32.2. The van der Waals surface area contributed by atoms with Gasteiger partial charge in [-0.3, -0.25) is 19.2 Å². The Bertz CT molecular complexity index is 1530. The first kappa shape index (κ1) is 26.6. The minimum atomic E-state index is -1.33. The van der Waals surface area contributed by atoms with Gasteiger partial charge >= 0.3 is 5.97 Å². The molecular formula is C19H19N11O6S3. The Hall–Kier alpha value is -4.04. The molecule has 204 valence electrons. The number of β-lactam (4-membered cyclic amide) rings is 1. The Balaban J connectivity index is 1.28. The van der Waals surface area contributed by atoms with Crippen molar-refractivity contribution in [1.29, 1.82) is 0 Å². The first-order chi connectivity index (χ1) is 18.6. The van der Waals surface area contributed by atoms with E-state index in [1.54, 1.807) is 0 Å². The number of oxime groups is 1. The Morgan fingerprint density at radius 2 is 2.21 bits per heavy atom. The van der Waals surface area contributed by atoms with Crippen molar-refractivity contribution in [2.24, 2.45) is 16.3 Å². The number of aliphatic carboxylic acids is 1. The number of fused-ring (bicyclic) bond motifs is 2. The molecule has 20 heteroatoms. The van der Waals surface area contributed by atoms with Gasteiger partial charge in [0.25, 0.3) is 11.8 Å². The van der Waals surface area contributed by atoms with Crippen LogP contribution in [0, 0.1) is 5.41 Å². The molecule has 2 unspecified atom stereocenters. The fourth-order valence-electron chi connectivity index (χ4n) is 3.99. The van der Waals surface area contributed by atoms with E-state index in [2.05, 4.69) is 36.1 Å². The number of carbonyl (C=O) groups is 4. The number of nitrogens with one attached hydrogen (secondary N) is 1. The van der Waals surface area contributed by atoms with E-state index in [4.69, 9.17) is 16.3 Å². The zero-order valence-corrected chi connectivity index (χ0v) is 22.3. The number of carbonyl (C=O) groups excluding carboxylic acids is 3. The van der Waals surface area contributed by atoms with E-state index in [1.807, 2.05) is 0 Å². The molecule has 0 bridgehead atoms. The van der Waals surface area contributed by atoms with Crippen LogP contribution in [0.3, 0.4) is 0 Å². The maximum Gasteiger partial charge on any atom is 0.313 e. The molecule has 39 heavy (non-hydrogen) atoms. The molecule has 3 atom stereocenters. The summed E-state index contributed by atoms with van der Waals surface area (Å²) in [5.41, 5.74) is 9.90. The number of aromatic nitrogens is 6. The zero-order valence-electron chi connectivity index (χ0n) is 19.9. The third-order valence-electron chi connectivity index (χ3n) is 5.96. The lowest BCUT2D eigenvalue weighted by atomic mass is 9.89. The Morgan fingerprint density at radius 1 is 1.41 bits per heavy atom. The monoisotopic (exact) mass is 593 g/mol. The lowest BCUT2D eigenvalue weighted by Crippen LogP contribution is -2.74. The highest BCUT2D eigenvalue weighted by Gasteiger charge is 2.57. The fourth-order valence-corrected chi connectivity index (χ4v) is 7.29. The number of amides is 3. The molecule has 3 amide bonds. The van der Waals surface area contributed by atoms with E-state index in [0.717, 1.165) is 27.7 Å². The summed E-state index contributed by atoms with van der Waals surface area (Å²) in [4.78, 5) is 60.3. The number of primary amides is 1. The second kappa shape index (κ2) is 10.3. The first-order valence-electron chi connectivity index (χ1n) is 10.9. The molecule has 3 aromatic heterocycles. The summed E-state index contributed by atoms with van der Waals surface area (Å²) in [5.74, 6) is -2.81. The van der Waals surface area contributed by atoms with Crippen molar-refractivity contribution in [3.8, 4) is 0 Å². The highest BCUT2D eigenvalue weighted by molar-refractivity contribution is 8.00. The van der Waals surface area contributed by atoms with Crippen LogP contribution in [-0.2, 0) is 19.2 Å². The normalized spacial score (nSPS) is 22.7. The predicted octanol–water partition coefficient (Wildman–Crippen LogP) is -1.73. The summed E-state index contributed by atoms with van der Waals surface area (Å²) in [6.07, 6.45) is 0. The van der Waals surface area contributed by atoms with Gasteiger partial charge in [-0.25, -0.2) is 4.98 Å². The summed E-state index contributed by atoms with van der Waals surface area (Å²) in [6, 6.07) is 0.504. The maximum absolute atomic E-state index is 13.0. The maximum atomic E-state index is 13.0. The largest absolute Gasteiger partial charge is 0.481 e. The SMILES string of the molecule is CON=C(C(=O)NC1C(=O)N2CC(CSc3cc(C(N)=O)c4nnnn4n3)(C(=O)O)CS[C@H]12)c1csc(N)n1. The van der Waals surface area contributed by atoms with Crippen LogP contribution in [0.5, 0.6) is 0 Å². The van der Waals surface area contributed by atoms with E-state index in [-0.39, 0.29) is 50.8 Å². The van der Waals surface area contributed by atoms with Crippen molar-refractivity contribution in [2.45, 2.75) is 16.4 Å². The molecular weight excluding hydrogens is 574 g/mol. The van der Waals surface area contributed by atoms with Crippen LogP contribution in [0.4, 0.5) is 5.13 Å². The second-order valence-corrected chi connectivity index (χ2v) is 11.4. The quantitative estimate of drug-likeness (QED) is 0.0932. The molecule has 3 aromatic rings. The fraction of sp³-hybridized carbons (Fsp3) is 0.368. The Kier molecular flexibility index (Phi) is 6.99. The van der Waals surface area contributed by atoms with E-state index in [0.29, 0.717) is 0 Å². The van der Waals surface area contributed by atoms with E-state index < -0.39 is 40.5 Å². The van der Waals surface area contributed by atoms with E-state index in [9.17, 15) is 24.3 Å². The number of thiazole rings is 1. The van der Waals surface area contributed by atoms with Crippen LogP contribution < -0.4 is 16.8 Å². The summed E-state index contributed by atoms with van der Waals surface area (Å²) >= 11 is 3.42. The number of carboxylic acids is 1. The number of tetrazole rings is 1. The number of nitrogens with zero attached hydrogens (tertiary/aromatic N) is 8. The molecule has 0 spiro atoms. The average molecular weight is 594 g/mol. The van der Waals surface area contributed by atoms with Crippen LogP contribution in [0.25, 0.3) is 5.65 Å². The van der Waals surface area contributed by atoms with Crippen molar-refractivity contribution in [2.75, 3.05) is 30.9 Å². The lowest BCUT2D eigenvalue weighted by Gasteiger charge is -2.53. The first-order valence-corrected chi connectivity index (χ1v) is 13.9. The molecule has 0 aromatic carbocycles. The van der Waals surface area contributed by atoms with Crippen molar-refractivity contribution < 1.29 is 29.1 Å². The molecule has 2 fully saturated rings. The van der Waals surface area contributed by atoms with Crippen LogP contribution in [0.2, 0.25) is 0 Å². The zero-order chi connectivity index (χ0) is 27.9. The second-order valence-electron chi connectivity index (χ2n) is 8.44. The summed E-state index contributed by atoms with van der Waals surface area (Å²) in [7, 11) is 1.27. The topological polar surface area (TPSA) is 246 Å². The van der Waals surface area contributed by atoms with Gasteiger partial charge in [0.2, 0.25) is 11.6 Å². The molecule has 0 radical (unpaired) electrons. The van der Waals surface area contributed by atoms with Gasteiger partial charge in [0.05, 0.1) is 5.56 Å². The molecule has 2 aliphatic rings. The molecule has 5 rings (SSSR count). The number of thioether (sulfide) groups is 2. The number of hydrogen-bond donors (Lipinski definition) is 4. The number of hydrogen-bond acceptors (Lipinski definition) is 15. The van der Waals surface area contributed by atoms with E-state index in [1.165, 1.54) is 35.2 Å². The molecule has 2 aliphatic heterocycles. The summed E-state index contributed by atoms with van der Waals surface area (Å²) < 4.78 is 1.04. The third kappa shape index (κ3) is 4.81. The smallest absolute Gasteiger partial charge is 0.313 e. The van der Waals surface area contributed by atoms with Gasteiger partial charge in [0.1, 0.15) is 34.7 Å². The molecule has 17 nitrogen and oxygen atoms in total. The predicted molar refractivity (Wildman–Crippen MR) is 138 cm³/mol. The van der Waals surface area contributed by atoms with Crippen molar-refractivity contribution in [1.82, 2.24) is 40.5 Å². The molecule has 0 aliphatic carbocycles. The Morgan fingerprint density at radius 3 is 2.87 bits per heavy atom. The van der Waals surface area contributed by atoms with Crippen LogP contribution in [0.1, 0.15) is 16.1 Å². The van der Waals surface area contributed by atoms with Crippen LogP contribution in [0.15, 0.2) is 21.6 Å². The van der Waals surface area contributed by atoms with Gasteiger partial charge in [-0.2, -0.15) is 0 Å². The number of rotatable bonds is 9. The van der Waals surface area contributed by atoms with Gasteiger partial charge < -0.3 is 31.6 Å². The number of nitrogens with two attached hydrogens (primary N) is 2. The summed E-state index contributed by atoms with van der Waals surface area (Å²) in [5, 5.41) is 33.1. The van der Waals surface area contributed by atoms with Gasteiger partial charge in [-0.15, -0.1) is 49.7 Å². The standard InChI is InChI=1S/C19H19N11O6S3/c1-36-26-10(8-3-37-18(21)22-8)14(32)23-11-15(33)29-4-19(17(34)35,6-39-16(11)29)5-38-9-2-7(12(20)31)13-24-27-28-30(13)25-9/h2-3,11,16H,4-6H2,1H3,(H2,20,31)(H2,21,22)(H,23,32)(H,34,35)/t11?,16-,19?/m1/s1. The minimum absolute atomic E-state index is 0.0254. The van der Waals surface area contributed by atoms with Gasteiger partial charge in [0, 0.05) is 23.4 Å². The van der Waals surface area contributed by atoms with Crippen LogP contribution in [-0.4, -0.2) is 106 Å². The lowest BCUT2D eigenvalue weighted by molar-refractivity contribution is -0.157. The highest BCUT2D eigenvalue weighted by Crippen LogP contribution is 2.44. The number of anilines is 1. The third-order valence-corrected chi connectivity index (χ3v) is 9.42. The van der Waals surface area contributed by atoms with E-state index >= 15 is 0 Å². The molecule has 0 saturated carbocycles. The van der Waals surface area contributed by atoms with Crippen molar-refractivity contribution >= 4 is 75.0 Å².